The van der Waals surface area contributed by atoms with E-state index in [9.17, 15) is 9.59 Å². The van der Waals surface area contributed by atoms with Crippen molar-refractivity contribution in [3.05, 3.63) is 29.8 Å². The van der Waals surface area contributed by atoms with Crippen molar-refractivity contribution in [2.75, 3.05) is 19.7 Å². The number of carbonyl (C=O) groups is 2. The minimum Gasteiger partial charge on any atom is -0.484 e. The summed E-state index contributed by atoms with van der Waals surface area (Å²) in [7, 11) is 0. The zero-order valence-electron chi connectivity index (χ0n) is 12.4. The number of nitrogens with zero attached hydrogens (tertiary/aromatic N) is 1. The van der Waals surface area contributed by atoms with Crippen molar-refractivity contribution in [3.8, 4) is 5.75 Å². The van der Waals surface area contributed by atoms with Gasteiger partial charge in [-0.15, -0.1) is 0 Å². The van der Waals surface area contributed by atoms with Gasteiger partial charge in [-0.3, -0.25) is 9.59 Å². The average molecular weight is 291 g/mol. The Bertz CT molecular complexity index is 529. The van der Waals surface area contributed by atoms with Gasteiger partial charge in [0.1, 0.15) is 5.75 Å². The van der Waals surface area contributed by atoms with Gasteiger partial charge in [0.2, 0.25) is 0 Å². The lowest BCUT2D eigenvalue weighted by Gasteiger charge is -2.16. The molecule has 2 rings (SSSR count). The van der Waals surface area contributed by atoms with Crippen LogP contribution in [0.15, 0.2) is 24.3 Å². The van der Waals surface area contributed by atoms with Gasteiger partial charge in [0.15, 0.2) is 6.61 Å². The van der Waals surface area contributed by atoms with E-state index in [1.165, 1.54) is 0 Å². The summed E-state index contributed by atoms with van der Waals surface area (Å²) in [4.78, 5) is 24.7. The van der Waals surface area contributed by atoms with E-state index in [1.807, 2.05) is 31.2 Å². The Morgan fingerprint density at radius 2 is 2.14 bits per heavy atom. The Morgan fingerprint density at radius 3 is 2.76 bits per heavy atom. The van der Waals surface area contributed by atoms with E-state index in [-0.39, 0.29) is 25.0 Å². The molecule has 1 aromatic rings. The topological polar surface area (TPSA) is 66.8 Å². The molecule has 2 atom stereocenters. The highest BCUT2D eigenvalue weighted by atomic mass is 16.5. The van der Waals surface area contributed by atoms with Crippen LogP contribution in [0.2, 0.25) is 0 Å². The molecule has 0 spiro atoms. The predicted octanol–water partition coefficient (Wildman–Crippen LogP) is 1.81. The van der Waals surface area contributed by atoms with E-state index in [0.29, 0.717) is 12.3 Å². The molecule has 5 heteroatoms. The van der Waals surface area contributed by atoms with Crippen LogP contribution in [-0.4, -0.2) is 41.6 Å². The van der Waals surface area contributed by atoms with Gasteiger partial charge in [0.05, 0.1) is 5.92 Å². The third-order valence-corrected chi connectivity index (χ3v) is 3.95. The van der Waals surface area contributed by atoms with Crippen LogP contribution in [0.5, 0.6) is 5.75 Å². The normalized spacial score (nSPS) is 21.3. The number of likely N-dealkylation sites (tertiary alicyclic amines) is 1. The van der Waals surface area contributed by atoms with Gasteiger partial charge in [-0.2, -0.15) is 0 Å². The Labute approximate surface area is 124 Å². The summed E-state index contributed by atoms with van der Waals surface area (Å²) in [5.74, 6) is -0.821. The number of carboxylic acid groups (broad SMARTS) is 1. The molecule has 1 aromatic carbocycles. The first-order valence-electron chi connectivity index (χ1n) is 7.23. The largest absolute Gasteiger partial charge is 0.484 e. The Hall–Kier alpha value is -2.04. The van der Waals surface area contributed by atoms with Crippen LogP contribution >= 0.6 is 0 Å². The summed E-state index contributed by atoms with van der Waals surface area (Å²) < 4.78 is 5.52. The lowest BCUT2D eigenvalue weighted by atomic mass is 9.99. The lowest BCUT2D eigenvalue weighted by molar-refractivity contribution is -0.142. The maximum absolute atomic E-state index is 12.1. The molecule has 1 aliphatic heterocycles. The highest BCUT2D eigenvalue weighted by Crippen LogP contribution is 2.23. The highest BCUT2D eigenvalue weighted by Gasteiger charge is 2.36. The smallest absolute Gasteiger partial charge is 0.308 e. The van der Waals surface area contributed by atoms with Gasteiger partial charge in [-0.25, -0.2) is 0 Å². The molecular weight excluding hydrogens is 270 g/mol. The van der Waals surface area contributed by atoms with Gasteiger partial charge in [-0.05, 0) is 30.0 Å². The quantitative estimate of drug-likeness (QED) is 0.898. The monoisotopic (exact) mass is 291 g/mol. The molecule has 0 radical (unpaired) electrons. The molecule has 1 saturated heterocycles. The average Bonchev–Trinajstić information content (AvgIpc) is 2.87. The maximum atomic E-state index is 12.1. The summed E-state index contributed by atoms with van der Waals surface area (Å²) >= 11 is 0. The molecule has 0 aromatic heterocycles. The highest BCUT2D eigenvalue weighted by molar-refractivity contribution is 5.80. The number of hydrogen-bond donors (Lipinski definition) is 1. The van der Waals surface area contributed by atoms with Crippen molar-refractivity contribution in [2.24, 2.45) is 11.8 Å². The lowest BCUT2D eigenvalue weighted by Crippen LogP contribution is -2.33. The van der Waals surface area contributed by atoms with E-state index < -0.39 is 11.9 Å². The summed E-state index contributed by atoms with van der Waals surface area (Å²) in [5.41, 5.74) is 1.15. The van der Waals surface area contributed by atoms with Crippen LogP contribution in [0.1, 0.15) is 19.4 Å². The number of rotatable bonds is 5. The van der Waals surface area contributed by atoms with Crippen LogP contribution < -0.4 is 4.74 Å². The first-order chi connectivity index (χ1) is 10.0. The second-order valence-corrected chi connectivity index (χ2v) is 5.51. The van der Waals surface area contributed by atoms with Gasteiger partial charge in [0.25, 0.3) is 5.91 Å². The molecule has 0 aliphatic carbocycles. The standard InChI is InChI=1S/C16H21NO4/c1-3-12-5-4-6-13(7-12)21-10-15(18)17-8-11(2)14(9-17)16(19)20/h4-7,11,14H,3,8-10H2,1-2H3,(H,19,20). The second kappa shape index (κ2) is 6.61. The van der Waals surface area contributed by atoms with E-state index in [1.54, 1.807) is 4.90 Å². The minimum absolute atomic E-state index is 0.0186. The molecule has 1 N–H and O–H groups in total. The number of aryl methyl sites for hydroxylation is 1. The van der Waals surface area contributed by atoms with Crippen LogP contribution in [0, 0.1) is 11.8 Å². The summed E-state index contributed by atoms with van der Waals surface area (Å²) in [6.07, 6.45) is 0.912. The maximum Gasteiger partial charge on any atom is 0.308 e. The SMILES string of the molecule is CCc1cccc(OCC(=O)N2CC(C)C(C(=O)O)C2)c1. The number of benzene rings is 1. The minimum atomic E-state index is -0.839. The molecule has 1 aliphatic rings. The van der Waals surface area contributed by atoms with Gasteiger partial charge >= 0.3 is 5.97 Å². The fourth-order valence-electron chi connectivity index (χ4n) is 2.58. The van der Waals surface area contributed by atoms with Crippen LogP contribution in [0.25, 0.3) is 0 Å². The number of amides is 1. The molecule has 0 saturated carbocycles. The molecule has 114 valence electrons. The Morgan fingerprint density at radius 1 is 1.38 bits per heavy atom. The van der Waals surface area contributed by atoms with Gasteiger partial charge in [0, 0.05) is 13.1 Å². The fourth-order valence-corrected chi connectivity index (χ4v) is 2.58. The van der Waals surface area contributed by atoms with Gasteiger partial charge in [-0.1, -0.05) is 26.0 Å². The van der Waals surface area contributed by atoms with Gasteiger partial charge < -0.3 is 14.7 Å². The van der Waals surface area contributed by atoms with Crippen LogP contribution in [0.4, 0.5) is 0 Å². The molecule has 5 nitrogen and oxygen atoms in total. The Kier molecular flexibility index (Phi) is 4.83. The first-order valence-corrected chi connectivity index (χ1v) is 7.23. The zero-order valence-corrected chi connectivity index (χ0v) is 12.4. The molecular formula is C16H21NO4. The van der Waals surface area contributed by atoms with Crippen molar-refractivity contribution in [1.29, 1.82) is 0 Å². The van der Waals surface area contributed by atoms with Crippen LogP contribution in [-0.2, 0) is 16.0 Å². The van der Waals surface area contributed by atoms with E-state index in [0.717, 1.165) is 12.0 Å². The molecule has 1 amide bonds. The van der Waals surface area contributed by atoms with Crippen molar-refractivity contribution in [2.45, 2.75) is 20.3 Å². The van der Waals surface area contributed by atoms with Crippen molar-refractivity contribution < 1.29 is 19.4 Å². The molecule has 2 unspecified atom stereocenters. The van der Waals surface area contributed by atoms with Crippen molar-refractivity contribution in [1.82, 2.24) is 4.90 Å². The molecule has 21 heavy (non-hydrogen) atoms. The number of hydrogen-bond acceptors (Lipinski definition) is 3. The summed E-state index contributed by atoms with van der Waals surface area (Å²) in [6.45, 7) is 4.62. The predicted molar refractivity (Wildman–Crippen MR) is 78.2 cm³/mol. The number of carboxylic acids is 1. The van der Waals surface area contributed by atoms with Crippen molar-refractivity contribution >= 4 is 11.9 Å². The van der Waals surface area contributed by atoms with E-state index >= 15 is 0 Å². The number of carbonyl (C=O) groups excluding carboxylic acids is 1. The van der Waals surface area contributed by atoms with E-state index in [4.69, 9.17) is 9.84 Å². The Balaban J connectivity index is 1.89. The van der Waals surface area contributed by atoms with Crippen LogP contribution in [0.3, 0.4) is 0 Å². The summed E-state index contributed by atoms with van der Waals surface area (Å²) in [6, 6.07) is 7.64. The molecule has 1 heterocycles. The molecule has 1 fully saturated rings. The summed E-state index contributed by atoms with van der Waals surface area (Å²) in [5, 5.41) is 9.08. The number of aliphatic carboxylic acids is 1. The number of ether oxygens (including phenoxy) is 1. The second-order valence-electron chi connectivity index (χ2n) is 5.51. The third-order valence-electron chi connectivity index (χ3n) is 3.95. The first kappa shape index (κ1) is 15.4. The molecule has 0 bridgehead atoms. The zero-order chi connectivity index (χ0) is 15.4. The fraction of sp³-hybridized carbons (Fsp3) is 0.500. The van der Waals surface area contributed by atoms with Crippen molar-refractivity contribution in [3.63, 3.8) is 0 Å². The van der Waals surface area contributed by atoms with E-state index in [2.05, 4.69) is 6.92 Å². The third kappa shape index (κ3) is 3.74.